The first-order chi connectivity index (χ1) is 20.2. The third-order valence-corrected chi connectivity index (χ3v) is 7.37. The first-order valence-electron chi connectivity index (χ1n) is 14.8. The van der Waals surface area contributed by atoms with E-state index in [1.165, 1.54) is 19.3 Å². The maximum atomic E-state index is 12.9. The van der Waals surface area contributed by atoms with Crippen LogP contribution in [0.4, 0.5) is 32.6 Å². The molecule has 10 nitrogen and oxygen atoms in total. The number of anilines is 4. The van der Waals surface area contributed by atoms with Crippen LogP contribution in [0.25, 0.3) is 11.3 Å². The molecule has 2 fully saturated rings. The first kappa shape index (κ1) is 29.2. The maximum Gasteiger partial charge on any atom is 0.410 e. The number of hydrogen-bond acceptors (Lipinski definition) is 7. The fraction of sp³-hybridized carbons (Fsp3) is 0.438. The summed E-state index contributed by atoms with van der Waals surface area (Å²) in [6.45, 7) is 7.83. The molecule has 3 amide bonds. The SMILES string of the molecule is CC(C)(C)OC(=O)N1CCN(c2cc(NC(=O)Nc3ccccc3)cc(-c3ccnc(NC4CCCCC4)c3)n2)CC1. The fourth-order valence-electron chi connectivity index (χ4n) is 5.28. The van der Waals surface area contributed by atoms with Crippen molar-refractivity contribution in [1.29, 1.82) is 0 Å². The average molecular weight is 572 g/mol. The molecule has 1 aliphatic heterocycles. The first-order valence-corrected chi connectivity index (χ1v) is 14.8. The Morgan fingerprint density at radius 3 is 2.31 bits per heavy atom. The average Bonchev–Trinajstić information content (AvgIpc) is 2.97. The van der Waals surface area contributed by atoms with E-state index in [-0.39, 0.29) is 12.1 Å². The van der Waals surface area contributed by atoms with Gasteiger partial charge in [0.2, 0.25) is 0 Å². The zero-order valence-electron chi connectivity index (χ0n) is 24.7. The molecule has 0 radical (unpaired) electrons. The van der Waals surface area contributed by atoms with Crippen LogP contribution < -0.4 is 20.9 Å². The van der Waals surface area contributed by atoms with E-state index >= 15 is 0 Å². The number of piperazine rings is 1. The van der Waals surface area contributed by atoms with Gasteiger partial charge in [-0.15, -0.1) is 0 Å². The van der Waals surface area contributed by atoms with Gasteiger partial charge in [-0.1, -0.05) is 37.5 Å². The van der Waals surface area contributed by atoms with Crippen molar-refractivity contribution in [3.63, 3.8) is 0 Å². The third kappa shape index (κ3) is 8.11. The number of carbonyl (C=O) groups is 2. The molecule has 3 heterocycles. The minimum absolute atomic E-state index is 0.307. The summed E-state index contributed by atoms with van der Waals surface area (Å²) in [5, 5.41) is 9.45. The van der Waals surface area contributed by atoms with E-state index < -0.39 is 5.60 Å². The standard InChI is InChI=1S/C32H41N7O3/c1-32(2,3)42-31(41)39-18-16-38(17-19-39)29-22-26(36-30(40)35-25-12-8-5-9-13-25)21-27(37-29)23-14-15-33-28(20-23)34-24-10-6-4-7-11-24/h5,8-9,12-15,20-22,24H,4,6-7,10-11,16-19H2,1-3H3,(H,33,34)(H2,35,36,37,40). The maximum absolute atomic E-state index is 12.9. The minimum atomic E-state index is -0.541. The van der Waals surface area contributed by atoms with Gasteiger partial charge in [-0.25, -0.2) is 19.6 Å². The van der Waals surface area contributed by atoms with E-state index in [0.717, 1.165) is 35.7 Å². The molecule has 0 unspecified atom stereocenters. The lowest BCUT2D eigenvalue weighted by molar-refractivity contribution is 0.0240. The van der Waals surface area contributed by atoms with E-state index in [2.05, 4.69) is 25.8 Å². The summed E-state index contributed by atoms with van der Waals surface area (Å²) in [5.41, 5.74) is 2.42. The largest absolute Gasteiger partial charge is 0.444 e. The van der Waals surface area contributed by atoms with Gasteiger partial charge in [0, 0.05) is 61.4 Å². The van der Waals surface area contributed by atoms with Crippen molar-refractivity contribution in [3.8, 4) is 11.3 Å². The predicted octanol–water partition coefficient (Wildman–Crippen LogP) is 6.59. The Hall–Kier alpha value is -4.34. The fourth-order valence-corrected chi connectivity index (χ4v) is 5.28. The summed E-state index contributed by atoms with van der Waals surface area (Å²) < 4.78 is 5.56. The van der Waals surface area contributed by atoms with Gasteiger partial charge in [0.05, 0.1) is 5.69 Å². The quantitative estimate of drug-likeness (QED) is 0.306. The Kier molecular flexibility index (Phi) is 9.09. The molecule has 1 aliphatic carbocycles. The Morgan fingerprint density at radius 1 is 0.881 bits per heavy atom. The van der Waals surface area contributed by atoms with Gasteiger partial charge >= 0.3 is 12.1 Å². The van der Waals surface area contributed by atoms with Crippen LogP contribution in [0, 0.1) is 0 Å². The highest BCUT2D eigenvalue weighted by molar-refractivity contribution is 6.00. The summed E-state index contributed by atoms with van der Waals surface area (Å²) in [7, 11) is 0. The van der Waals surface area contributed by atoms with Crippen LogP contribution in [-0.4, -0.2) is 64.8 Å². The number of carbonyl (C=O) groups excluding carboxylic acids is 2. The van der Waals surface area contributed by atoms with Crippen LogP contribution in [-0.2, 0) is 4.74 Å². The highest BCUT2D eigenvalue weighted by Crippen LogP contribution is 2.29. The zero-order chi connectivity index (χ0) is 29.5. The van der Waals surface area contributed by atoms with Crippen molar-refractivity contribution in [2.75, 3.05) is 47.0 Å². The third-order valence-electron chi connectivity index (χ3n) is 7.37. The van der Waals surface area contributed by atoms with E-state index in [0.29, 0.717) is 43.6 Å². The molecule has 42 heavy (non-hydrogen) atoms. The summed E-state index contributed by atoms with van der Waals surface area (Å²) in [5.74, 6) is 1.55. The van der Waals surface area contributed by atoms with E-state index in [1.54, 1.807) is 11.1 Å². The molecule has 0 atom stereocenters. The Balaban J connectivity index is 1.36. The number of rotatable bonds is 6. The summed E-state index contributed by atoms with van der Waals surface area (Å²) in [4.78, 5) is 38.9. The van der Waals surface area contributed by atoms with Crippen molar-refractivity contribution in [1.82, 2.24) is 14.9 Å². The number of hydrogen-bond donors (Lipinski definition) is 3. The van der Waals surface area contributed by atoms with E-state index in [4.69, 9.17) is 9.72 Å². The summed E-state index contributed by atoms with van der Waals surface area (Å²) >= 11 is 0. The normalized spacial score (nSPS) is 16.1. The number of urea groups is 1. The number of ether oxygens (including phenoxy) is 1. The van der Waals surface area contributed by atoms with E-state index in [9.17, 15) is 9.59 Å². The number of pyridine rings is 2. The van der Waals surface area contributed by atoms with Crippen LogP contribution in [0.5, 0.6) is 0 Å². The van der Waals surface area contributed by atoms with Crippen molar-refractivity contribution in [3.05, 3.63) is 60.8 Å². The van der Waals surface area contributed by atoms with Crippen molar-refractivity contribution < 1.29 is 14.3 Å². The van der Waals surface area contributed by atoms with Gasteiger partial charge in [-0.2, -0.15) is 0 Å². The molecule has 2 aliphatic rings. The molecule has 5 rings (SSSR count). The number of amides is 3. The van der Waals surface area contributed by atoms with Crippen LogP contribution in [0.2, 0.25) is 0 Å². The molecule has 3 N–H and O–H groups in total. The molecular formula is C32H41N7O3. The summed E-state index contributed by atoms with van der Waals surface area (Å²) in [6.07, 6.45) is 7.56. The highest BCUT2D eigenvalue weighted by Gasteiger charge is 2.27. The number of nitrogens with zero attached hydrogens (tertiary/aromatic N) is 4. The predicted molar refractivity (Wildman–Crippen MR) is 167 cm³/mol. The van der Waals surface area contributed by atoms with Gasteiger partial charge in [-0.05, 0) is 63.9 Å². The van der Waals surface area contributed by atoms with Crippen LogP contribution in [0.1, 0.15) is 52.9 Å². The van der Waals surface area contributed by atoms with Gasteiger partial charge < -0.3 is 30.5 Å². The van der Waals surface area contributed by atoms with Crippen molar-refractivity contribution in [2.24, 2.45) is 0 Å². The van der Waals surface area contributed by atoms with Crippen LogP contribution in [0.15, 0.2) is 60.8 Å². The highest BCUT2D eigenvalue weighted by atomic mass is 16.6. The Labute approximate surface area is 247 Å². The van der Waals surface area contributed by atoms with Gasteiger partial charge in [0.15, 0.2) is 0 Å². The minimum Gasteiger partial charge on any atom is -0.444 e. The molecule has 10 heteroatoms. The number of aromatic nitrogens is 2. The molecule has 0 bridgehead atoms. The molecule has 222 valence electrons. The lowest BCUT2D eigenvalue weighted by atomic mass is 9.95. The molecule has 0 spiro atoms. The van der Waals surface area contributed by atoms with Gasteiger partial charge in [0.25, 0.3) is 0 Å². The Morgan fingerprint density at radius 2 is 1.60 bits per heavy atom. The van der Waals surface area contributed by atoms with Crippen molar-refractivity contribution >= 4 is 35.1 Å². The van der Waals surface area contributed by atoms with Gasteiger partial charge in [-0.3, -0.25) is 0 Å². The number of para-hydroxylation sites is 1. The molecule has 1 saturated heterocycles. The monoisotopic (exact) mass is 571 g/mol. The molecule has 1 aromatic carbocycles. The van der Waals surface area contributed by atoms with E-state index in [1.807, 2.05) is 75.4 Å². The number of nitrogens with one attached hydrogen (secondary N) is 3. The number of benzene rings is 1. The second kappa shape index (κ2) is 13.1. The lowest BCUT2D eigenvalue weighted by Crippen LogP contribution is -2.50. The Bertz CT molecular complexity index is 1360. The lowest BCUT2D eigenvalue weighted by Gasteiger charge is -2.36. The second-order valence-electron chi connectivity index (χ2n) is 11.9. The molecule has 1 saturated carbocycles. The summed E-state index contributed by atoms with van der Waals surface area (Å²) in [6, 6.07) is 17.1. The zero-order valence-corrected chi connectivity index (χ0v) is 24.7. The van der Waals surface area contributed by atoms with Gasteiger partial charge in [0.1, 0.15) is 17.2 Å². The topological polar surface area (TPSA) is 112 Å². The van der Waals surface area contributed by atoms with Crippen LogP contribution in [0.3, 0.4) is 0 Å². The second-order valence-corrected chi connectivity index (χ2v) is 11.9. The smallest absolute Gasteiger partial charge is 0.410 e. The van der Waals surface area contributed by atoms with Crippen LogP contribution >= 0.6 is 0 Å². The molecular weight excluding hydrogens is 530 g/mol. The molecule has 2 aromatic heterocycles. The van der Waals surface area contributed by atoms with Crippen molar-refractivity contribution in [2.45, 2.75) is 64.5 Å². The molecule has 3 aromatic rings.